The quantitative estimate of drug-likeness (QED) is 0.486. The third kappa shape index (κ3) is 4.43. The Balaban J connectivity index is 1.93. The number of nitrogens with zero attached hydrogens (tertiary/aromatic N) is 2. The summed E-state index contributed by atoms with van der Waals surface area (Å²) < 4.78 is 17.4. The van der Waals surface area contributed by atoms with Crippen molar-refractivity contribution in [1.29, 1.82) is 0 Å². The summed E-state index contributed by atoms with van der Waals surface area (Å²) in [6, 6.07) is 22.6. The maximum absolute atomic E-state index is 14.8. The van der Waals surface area contributed by atoms with Gasteiger partial charge in [-0.2, -0.15) is 0 Å². The molecule has 0 spiro atoms. The largest absolute Gasteiger partial charge is 0.331 e. The van der Waals surface area contributed by atoms with Crippen LogP contribution < -0.4 is 17.0 Å². The lowest BCUT2D eigenvalue weighted by Gasteiger charge is -2.20. The number of halogens is 1. The molecule has 0 fully saturated rings. The van der Waals surface area contributed by atoms with E-state index in [9.17, 15) is 14.0 Å². The molecule has 1 heterocycles. The third-order valence-corrected chi connectivity index (χ3v) is 6.03. The highest BCUT2D eigenvalue weighted by Crippen LogP contribution is 2.23. The van der Waals surface area contributed by atoms with Crippen molar-refractivity contribution >= 4 is 0 Å². The first kappa shape index (κ1) is 22.4. The summed E-state index contributed by atoms with van der Waals surface area (Å²) in [5, 5.41) is 0. The molecule has 1 atom stereocenters. The third-order valence-electron chi connectivity index (χ3n) is 6.03. The van der Waals surface area contributed by atoms with Gasteiger partial charge in [-0.3, -0.25) is 13.9 Å². The summed E-state index contributed by atoms with van der Waals surface area (Å²) in [5.41, 5.74) is 8.88. The predicted octanol–water partition coefficient (Wildman–Crippen LogP) is 4.18. The summed E-state index contributed by atoms with van der Waals surface area (Å²) in [7, 11) is 0. The predicted molar refractivity (Wildman–Crippen MR) is 129 cm³/mol. The highest BCUT2D eigenvalue weighted by atomic mass is 19.1. The zero-order valence-electron chi connectivity index (χ0n) is 18.7. The van der Waals surface area contributed by atoms with Crippen LogP contribution >= 0.6 is 0 Å². The number of aryl methyl sites for hydroxylation is 1. The lowest BCUT2D eigenvalue weighted by molar-refractivity contribution is 0.507. The summed E-state index contributed by atoms with van der Waals surface area (Å²) in [4.78, 5) is 27.1. The Kier molecular flexibility index (Phi) is 6.38. The van der Waals surface area contributed by atoms with Gasteiger partial charge >= 0.3 is 5.69 Å². The van der Waals surface area contributed by atoms with Crippen molar-refractivity contribution in [3.05, 3.63) is 128 Å². The van der Waals surface area contributed by atoms with Crippen molar-refractivity contribution in [2.75, 3.05) is 0 Å². The molecule has 0 unspecified atom stereocenters. The van der Waals surface area contributed by atoms with Gasteiger partial charge in [0.15, 0.2) is 0 Å². The molecule has 0 radical (unpaired) electrons. The molecule has 0 saturated carbocycles. The van der Waals surface area contributed by atoms with E-state index >= 15 is 0 Å². The average Bonchev–Trinajstić information content (AvgIpc) is 2.82. The fourth-order valence-corrected chi connectivity index (χ4v) is 4.08. The lowest BCUT2D eigenvalue weighted by Crippen LogP contribution is -2.44. The monoisotopic (exact) mass is 443 g/mol. The van der Waals surface area contributed by atoms with E-state index in [1.54, 1.807) is 25.1 Å². The number of hydrogen-bond donors (Lipinski definition) is 1. The van der Waals surface area contributed by atoms with Gasteiger partial charge < -0.3 is 5.73 Å². The van der Waals surface area contributed by atoms with Crippen LogP contribution in [0.5, 0.6) is 0 Å². The van der Waals surface area contributed by atoms with Crippen molar-refractivity contribution in [3.8, 4) is 11.1 Å². The number of benzene rings is 3. The van der Waals surface area contributed by atoms with Crippen LogP contribution in [0.15, 0.2) is 88.5 Å². The second-order valence-electron chi connectivity index (χ2n) is 8.17. The van der Waals surface area contributed by atoms with Gasteiger partial charge in [0.25, 0.3) is 5.56 Å². The van der Waals surface area contributed by atoms with E-state index in [1.165, 1.54) is 10.6 Å². The Morgan fingerprint density at radius 3 is 2.18 bits per heavy atom. The second kappa shape index (κ2) is 9.38. The Bertz CT molecular complexity index is 1410. The topological polar surface area (TPSA) is 70.0 Å². The molecule has 6 heteroatoms. The first-order valence-corrected chi connectivity index (χ1v) is 10.8. The van der Waals surface area contributed by atoms with E-state index in [2.05, 4.69) is 0 Å². The average molecular weight is 444 g/mol. The molecule has 4 rings (SSSR count). The van der Waals surface area contributed by atoms with Crippen molar-refractivity contribution in [2.45, 2.75) is 33.0 Å². The highest BCUT2D eigenvalue weighted by Gasteiger charge is 2.22. The lowest BCUT2D eigenvalue weighted by atomic mass is 10.0. The van der Waals surface area contributed by atoms with Gasteiger partial charge in [-0.1, -0.05) is 72.8 Å². The normalized spacial score (nSPS) is 12.0. The van der Waals surface area contributed by atoms with Crippen LogP contribution in [0.4, 0.5) is 4.39 Å². The van der Waals surface area contributed by atoms with Crippen LogP contribution in [-0.2, 0) is 13.1 Å². The van der Waals surface area contributed by atoms with Crippen LogP contribution in [0.3, 0.4) is 0 Å². The minimum absolute atomic E-state index is 0.0167. The number of hydrogen-bond acceptors (Lipinski definition) is 3. The van der Waals surface area contributed by atoms with Crippen LogP contribution in [0.25, 0.3) is 11.1 Å². The van der Waals surface area contributed by atoms with E-state index in [0.717, 1.165) is 21.3 Å². The summed E-state index contributed by atoms with van der Waals surface area (Å²) in [6.07, 6.45) is 0. The molecule has 0 aliphatic rings. The molecule has 3 aromatic carbocycles. The Labute approximate surface area is 191 Å². The number of nitrogens with two attached hydrogens (primary N) is 1. The fourth-order valence-electron chi connectivity index (χ4n) is 4.08. The van der Waals surface area contributed by atoms with Crippen molar-refractivity contribution in [1.82, 2.24) is 9.13 Å². The second-order valence-corrected chi connectivity index (χ2v) is 8.17. The van der Waals surface area contributed by atoms with Gasteiger partial charge in [-0.15, -0.1) is 0 Å². The Morgan fingerprint density at radius 2 is 1.48 bits per heavy atom. The molecule has 2 N–H and O–H groups in total. The molecule has 0 bridgehead atoms. The van der Waals surface area contributed by atoms with Crippen molar-refractivity contribution in [2.24, 2.45) is 5.73 Å². The van der Waals surface area contributed by atoms with Crippen LogP contribution in [0.2, 0.25) is 0 Å². The molecular formula is C27H26FN3O2. The molecule has 0 aliphatic carbocycles. The first-order valence-electron chi connectivity index (χ1n) is 10.8. The number of rotatable bonds is 6. The molecule has 33 heavy (non-hydrogen) atoms. The maximum Gasteiger partial charge on any atom is 0.331 e. The van der Waals surface area contributed by atoms with Gasteiger partial charge in [-0.05, 0) is 36.6 Å². The van der Waals surface area contributed by atoms with Gasteiger partial charge in [-0.25, -0.2) is 9.18 Å². The van der Waals surface area contributed by atoms with Crippen LogP contribution in [-0.4, -0.2) is 9.13 Å². The van der Waals surface area contributed by atoms with E-state index in [0.29, 0.717) is 5.69 Å². The SMILES string of the molecule is Cc1ccccc1Cn1c(C)c(-c2ccccc2F)c(=O)n(C[C@H](N)c2ccccc2)c1=O. The Hall–Kier alpha value is -3.77. The molecule has 1 aromatic heterocycles. The molecule has 0 aliphatic heterocycles. The molecular weight excluding hydrogens is 417 g/mol. The smallest absolute Gasteiger partial charge is 0.322 e. The van der Waals surface area contributed by atoms with Gasteiger partial charge in [0.2, 0.25) is 0 Å². The molecule has 5 nitrogen and oxygen atoms in total. The zero-order valence-corrected chi connectivity index (χ0v) is 18.7. The maximum atomic E-state index is 14.8. The van der Waals surface area contributed by atoms with Crippen molar-refractivity contribution < 1.29 is 4.39 Å². The molecule has 0 saturated heterocycles. The van der Waals surface area contributed by atoms with Gasteiger partial charge in [0, 0.05) is 17.3 Å². The molecule has 0 amide bonds. The minimum atomic E-state index is -0.570. The molecule has 168 valence electrons. The molecule has 4 aromatic rings. The summed E-state index contributed by atoms with van der Waals surface area (Å²) in [6.45, 7) is 3.90. The van der Waals surface area contributed by atoms with Gasteiger partial charge in [0.1, 0.15) is 5.82 Å². The summed E-state index contributed by atoms with van der Waals surface area (Å²) in [5.74, 6) is -0.516. The van der Waals surface area contributed by atoms with Crippen LogP contribution in [0, 0.1) is 19.7 Å². The van der Waals surface area contributed by atoms with E-state index in [-0.39, 0.29) is 24.2 Å². The standard InChI is InChI=1S/C27H26FN3O2/c1-18-10-6-7-13-21(18)16-30-19(2)25(22-14-8-9-15-23(22)28)26(32)31(27(30)33)17-24(29)20-11-4-3-5-12-20/h3-15,24H,16-17,29H2,1-2H3/t24-/m0/s1. The number of aromatic nitrogens is 2. The highest BCUT2D eigenvalue weighted by molar-refractivity contribution is 5.65. The van der Waals surface area contributed by atoms with Gasteiger partial charge in [0.05, 0.1) is 18.7 Å². The zero-order chi connectivity index (χ0) is 23.5. The Morgan fingerprint density at radius 1 is 0.848 bits per heavy atom. The summed E-state index contributed by atoms with van der Waals surface area (Å²) >= 11 is 0. The first-order chi connectivity index (χ1) is 15.9. The van der Waals surface area contributed by atoms with E-state index in [1.807, 2.05) is 61.5 Å². The fraction of sp³-hybridized carbons (Fsp3) is 0.185. The van der Waals surface area contributed by atoms with E-state index < -0.39 is 23.1 Å². The van der Waals surface area contributed by atoms with E-state index in [4.69, 9.17) is 5.73 Å². The minimum Gasteiger partial charge on any atom is -0.322 e. The van der Waals surface area contributed by atoms with Crippen LogP contribution in [0.1, 0.15) is 28.4 Å². The van der Waals surface area contributed by atoms with Crippen molar-refractivity contribution in [3.63, 3.8) is 0 Å².